The van der Waals surface area contributed by atoms with Crippen molar-refractivity contribution in [1.82, 2.24) is 9.88 Å². The maximum absolute atomic E-state index is 5.77. The SMILES string of the molecule is CN(C)CCCN(C)c1ccc(Cl)cn1. The summed E-state index contributed by atoms with van der Waals surface area (Å²) in [7, 11) is 6.22. The molecular formula is C11H18ClN3. The van der Waals surface area contributed by atoms with Crippen molar-refractivity contribution in [3.63, 3.8) is 0 Å². The number of hydrogen-bond donors (Lipinski definition) is 0. The van der Waals surface area contributed by atoms with E-state index in [1.54, 1.807) is 6.20 Å². The number of anilines is 1. The molecule has 0 aliphatic carbocycles. The number of nitrogens with zero attached hydrogens (tertiary/aromatic N) is 3. The summed E-state index contributed by atoms with van der Waals surface area (Å²) in [5.74, 6) is 0.971. The molecule has 0 N–H and O–H groups in total. The van der Waals surface area contributed by atoms with Crippen molar-refractivity contribution >= 4 is 17.4 Å². The number of hydrogen-bond acceptors (Lipinski definition) is 3. The maximum atomic E-state index is 5.77. The van der Waals surface area contributed by atoms with Gasteiger partial charge in [-0.2, -0.15) is 0 Å². The van der Waals surface area contributed by atoms with Crippen LogP contribution in [0.2, 0.25) is 5.02 Å². The molecule has 0 aliphatic heterocycles. The summed E-state index contributed by atoms with van der Waals surface area (Å²) in [6.45, 7) is 2.10. The first-order valence-electron chi connectivity index (χ1n) is 5.07. The van der Waals surface area contributed by atoms with Gasteiger partial charge in [0.2, 0.25) is 0 Å². The zero-order valence-electron chi connectivity index (χ0n) is 9.57. The monoisotopic (exact) mass is 227 g/mol. The highest BCUT2D eigenvalue weighted by Crippen LogP contribution is 2.12. The van der Waals surface area contributed by atoms with Gasteiger partial charge in [-0.3, -0.25) is 0 Å². The van der Waals surface area contributed by atoms with E-state index >= 15 is 0 Å². The molecule has 84 valence electrons. The van der Waals surface area contributed by atoms with Gasteiger partial charge in [0, 0.05) is 19.8 Å². The van der Waals surface area contributed by atoms with Crippen molar-refractivity contribution < 1.29 is 0 Å². The molecule has 1 aromatic heterocycles. The molecular weight excluding hydrogens is 210 g/mol. The third-order valence-corrected chi connectivity index (χ3v) is 2.43. The molecule has 0 saturated heterocycles. The normalized spacial score (nSPS) is 10.7. The van der Waals surface area contributed by atoms with Crippen LogP contribution in [0.15, 0.2) is 18.3 Å². The molecule has 0 atom stereocenters. The van der Waals surface area contributed by atoms with Crippen LogP contribution in [0.5, 0.6) is 0 Å². The molecule has 0 unspecified atom stereocenters. The first kappa shape index (κ1) is 12.3. The third-order valence-electron chi connectivity index (χ3n) is 2.20. The molecule has 0 fully saturated rings. The molecule has 0 radical (unpaired) electrons. The minimum absolute atomic E-state index is 0.681. The maximum Gasteiger partial charge on any atom is 0.128 e. The molecule has 1 heterocycles. The van der Waals surface area contributed by atoms with Gasteiger partial charge in [0.1, 0.15) is 5.82 Å². The Morgan fingerprint density at radius 2 is 1.93 bits per heavy atom. The molecule has 0 amide bonds. The van der Waals surface area contributed by atoms with Gasteiger partial charge in [0.15, 0.2) is 0 Å². The van der Waals surface area contributed by atoms with E-state index in [9.17, 15) is 0 Å². The first-order valence-corrected chi connectivity index (χ1v) is 5.45. The Balaban J connectivity index is 2.40. The summed E-state index contributed by atoms with van der Waals surface area (Å²) < 4.78 is 0. The van der Waals surface area contributed by atoms with E-state index in [1.807, 2.05) is 19.2 Å². The molecule has 1 aromatic rings. The largest absolute Gasteiger partial charge is 0.360 e. The number of pyridine rings is 1. The van der Waals surface area contributed by atoms with E-state index in [4.69, 9.17) is 11.6 Å². The second kappa shape index (κ2) is 5.93. The van der Waals surface area contributed by atoms with Gasteiger partial charge in [0.05, 0.1) is 5.02 Å². The fourth-order valence-electron chi connectivity index (χ4n) is 1.33. The topological polar surface area (TPSA) is 19.4 Å². The molecule has 0 spiro atoms. The predicted molar refractivity (Wildman–Crippen MR) is 65.7 cm³/mol. The third kappa shape index (κ3) is 4.49. The van der Waals surface area contributed by atoms with Crippen LogP contribution >= 0.6 is 11.6 Å². The highest BCUT2D eigenvalue weighted by Gasteiger charge is 2.01. The molecule has 0 aromatic carbocycles. The van der Waals surface area contributed by atoms with E-state index in [1.165, 1.54) is 0 Å². The van der Waals surface area contributed by atoms with Crippen LogP contribution in [0, 0.1) is 0 Å². The van der Waals surface area contributed by atoms with Crippen molar-refractivity contribution in [1.29, 1.82) is 0 Å². The highest BCUT2D eigenvalue weighted by molar-refractivity contribution is 6.30. The number of aromatic nitrogens is 1. The van der Waals surface area contributed by atoms with E-state index in [-0.39, 0.29) is 0 Å². The van der Waals surface area contributed by atoms with Crippen LogP contribution in [0.1, 0.15) is 6.42 Å². The fourth-order valence-corrected chi connectivity index (χ4v) is 1.44. The van der Waals surface area contributed by atoms with Gasteiger partial charge < -0.3 is 9.80 Å². The highest BCUT2D eigenvalue weighted by atomic mass is 35.5. The van der Waals surface area contributed by atoms with Crippen LogP contribution < -0.4 is 4.90 Å². The second-order valence-corrected chi connectivity index (χ2v) is 4.35. The van der Waals surface area contributed by atoms with E-state index in [0.717, 1.165) is 25.3 Å². The van der Waals surface area contributed by atoms with Crippen LogP contribution in [-0.2, 0) is 0 Å². The molecule has 0 bridgehead atoms. The Bertz CT molecular complexity index is 284. The molecule has 4 heteroatoms. The number of halogens is 1. The summed E-state index contributed by atoms with van der Waals surface area (Å²) >= 11 is 5.77. The van der Waals surface area contributed by atoms with Crippen molar-refractivity contribution in [2.45, 2.75) is 6.42 Å². The Morgan fingerprint density at radius 1 is 1.20 bits per heavy atom. The molecule has 1 rings (SSSR count). The lowest BCUT2D eigenvalue weighted by molar-refractivity contribution is 0.401. The van der Waals surface area contributed by atoms with Crippen molar-refractivity contribution in [2.24, 2.45) is 0 Å². The Morgan fingerprint density at radius 3 is 2.47 bits per heavy atom. The van der Waals surface area contributed by atoms with Gasteiger partial charge in [-0.05, 0) is 39.2 Å². The summed E-state index contributed by atoms with van der Waals surface area (Å²) in [5, 5.41) is 0.681. The smallest absolute Gasteiger partial charge is 0.128 e. The zero-order chi connectivity index (χ0) is 11.3. The van der Waals surface area contributed by atoms with Gasteiger partial charge in [-0.15, -0.1) is 0 Å². The van der Waals surface area contributed by atoms with Crippen molar-refractivity contribution in [3.8, 4) is 0 Å². The lowest BCUT2D eigenvalue weighted by atomic mass is 10.3. The van der Waals surface area contributed by atoms with Gasteiger partial charge >= 0.3 is 0 Å². The second-order valence-electron chi connectivity index (χ2n) is 3.91. The van der Waals surface area contributed by atoms with Crippen LogP contribution in [0.4, 0.5) is 5.82 Å². The lowest BCUT2D eigenvalue weighted by Gasteiger charge is -2.19. The fraction of sp³-hybridized carbons (Fsp3) is 0.545. The molecule has 0 saturated carbocycles. The van der Waals surface area contributed by atoms with Crippen LogP contribution in [0.25, 0.3) is 0 Å². The molecule has 0 aliphatic rings. The van der Waals surface area contributed by atoms with Gasteiger partial charge in [-0.25, -0.2) is 4.98 Å². The minimum Gasteiger partial charge on any atom is -0.360 e. The summed E-state index contributed by atoms with van der Waals surface area (Å²) in [4.78, 5) is 8.58. The lowest BCUT2D eigenvalue weighted by Crippen LogP contribution is -2.23. The van der Waals surface area contributed by atoms with E-state index < -0.39 is 0 Å². The molecule has 15 heavy (non-hydrogen) atoms. The standard InChI is InChI=1S/C11H18ClN3/c1-14(2)7-4-8-15(3)11-6-5-10(12)9-13-11/h5-6,9H,4,7-8H2,1-3H3. The van der Waals surface area contributed by atoms with Crippen molar-refractivity contribution in [2.75, 3.05) is 39.1 Å². The van der Waals surface area contributed by atoms with Gasteiger partial charge in [0.25, 0.3) is 0 Å². The van der Waals surface area contributed by atoms with Crippen LogP contribution in [-0.4, -0.2) is 44.1 Å². The van der Waals surface area contributed by atoms with Gasteiger partial charge in [-0.1, -0.05) is 11.6 Å². The Kier molecular flexibility index (Phi) is 4.85. The number of rotatable bonds is 5. The zero-order valence-corrected chi connectivity index (χ0v) is 10.3. The van der Waals surface area contributed by atoms with E-state index in [2.05, 4.69) is 28.9 Å². The van der Waals surface area contributed by atoms with Crippen molar-refractivity contribution in [3.05, 3.63) is 23.4 Å². The average Bonchev–Trinajstić information content (AvgIpc) is 2.18. The summed E-state index contributed by atoms with van der Waals surface area (Å²) in [5.41, 5.74) is 0. The van der Waals surface area contributed by atoms with E-state index in [0.29, 0.717) is 5.02 Å². The van der Waals surface area contributed by atoms with Crippen LogP contribution in [0.3, 0.4) is 0 Å². The average molecular weight is 228 g/mol. The predicted octanol–water partition coefficient (Wildman–Crippen LogP) is 2.12. The summed E-state index contributed by atoms with van der Waals surface area (Å²) in [6, 6.07) is 3.81. The quantitative estimate of drug-likeness (QED) is 0.768. The Hall–Kier alpha value is -0.800. The minimum atomic E-state index is 0.681. The molecule has 3 nitrogen and oxygen atoms in total. The first-order chi connectivity index (χ1) is 7.09. The Labute approximate surface area is 96.7 Å². The summed E-state index contributed by atoms with van der Waals surface area (Å²) in [6.07, 6.45) is 2.81.